The third kappa shape index (κ3) is 2.18. The normalized spacial score (nSPS) is 10.6. The van der Waals surface area contributed by atoms with Gasteiger partial charge in [0.1, 0.15) is 5.82 Å². The standard InChI is InChI=1S/C14H10FN3O/c15-10-6-7-12(16)11(8-10)14-18-17-13(19-14)9-4-2-1-3-5-9/h1-8H,16H2. The molecule has 0 unspecified atom stereocenters. The average Bonchev–Trinajstić information content (AvgIpc) is 2.92. The van der Waals surface area contributed by atoms with Crippen LogP contribution in [0.25, 0.3) is 22.9 Å². The Labute approximate surface area is 108 Å². The van der Waals surface area contributed by atoms with E-state index in [1.807, 2.05) is 30.3 Å². The summed E-state index contributed by atoms with van der Waals surface area (Å²) < 4.78 is 18.7. The minimum atomic E-state index is -0.399. The van der Waals surface area contributed by atoms with E-state index in [0.29, 0.717) is 17.1 Å². The fourth-order valence-corrected chi connectivity index (χ4v) is 1.74. The monoisotopic (exact) mass is 255 g/mol. The number of nitrogen functional groups attached to an aromatic ring is 1. The topological polar surface area (TPSA) is 64.9 Å². The highest BCUT2D eigenvalue weighted by Gasteiger charge is 2.13. The Balaban J connectivity index is 2.04. The molecule has 0 fully saturated rings. The maximum absolute atomic E-state index is 13.2. The average molecular weight is 255 g/mol. The zero-order valence-corrected chi connectivity index (χ0v) is 9.88. The number of aromatic nitrogens is 2. The van der Waals surface area contributed by atoms with E-state index in [-0.39, 0.29) is 5.89 Å². The van der Waals surface area contributed by atoms with E-state index in [0.717, 1.165) is 5.56 Å². The molecule has 0 aliphatic heterocycles. The molecule has 0 saturated carbocycles. The van der Waals surface area contributed by atoms with Crippen molar-refractivity contribution >= 4 is 5.69 Å². The van der Waals surface area contributed by atoms with Gasteiger partial charge in [0, 0.05) is 11.3 Å². The van der Waals surface area contributed by atoms with Crippen molar-refractivity contribution in [1.29, 1.82) is 0 Å². The summed E-state index contributed by atoms with van der Waals surface area (Å²) in [7, 11) is 0. The number of hydrogen-bond donors (Lipinski definition) is 1. The van der Waals surface area contributed by atoms with Gasteiger partial charge in [0.15, 0.2) is 0 Å². The van der Waals surface area contributed by atoms with Crippen LogP contribution >= 0.6 is 0 Å². The van der Waals surface area contributed by atoms with Crippen LogP contribution in [0.15, 0.2) is 52.9 Å². The molecule has 0 amide bonds. The lowest BCUT2D eigenvalue weighted by atomic mass is 10.2. The van der Waals surface area contributed by atoms with Gasteiger partial charge < -0.3 is 10.2 Å². The van der Waals surface area contributed by atoms with E-state index >= 15 is 0 Å². The smallest absolute Gasteiger partial charge is 0.250 e. The Morgan fingerprint density at radius 2 is 1.68 bits per heavy atom. The van der Waals surface area contributed by atoms with Crippen LogP contribution in [0.5, 0.6) is 0 Å². The van der Waals surface area contributed by atoms with Gasteiger partial charge in [0.25, 0.3) is 0 Å². The van der Waals surface area contributed by atoms with Crippen LogP contribution in [0.3, 0.4) is 0 Å². The third-order valence-corrected chi connectivity index (χ3v) is 2.69. The highest BCUT2D eigenvalue weighted by atomic mass is 19.1. The van der Waals surface area contributed by atoms with Gasteiger partial charge in [-0.1, -0.05) is 18.2 Å². The van der Waals surface area contributed by atoms with E-state index in [2.05, 4.69) is 10.2 Å². The van der Waals surface area contributed by atoms with Crippen LogP contribution in [0.2, 0.25) is 0 Å². The minimum absolute atomic E-state index is 0.204. The Kier molecular flexibility index (Phi) is 2.72. The van der Waals surface area contributed by atoms with Gasteiger partial charge in [-0.3, -0.25) is 0 Å². The number of anilines is 1. The number of hydrogen-bond acceptors (Lipinski definition) is 4. The van der Waals surface area contributed by atoms with Crippen molar-refractivity contribution < 1.29 is 8.81 Å². The van der Waals surface area contributed by atoms with Gasteiger partial charge in [-0.15, -0.1) is 10.2 Å². The van der Waals surface area contributed by atoms with Crippen molar-refractivity contribution in [1.82, 2.24) is 10.2 Å². The summed E-state index contributed by atoms with van der Waals surface area (Å²) in [5.41, 5.74) is 7.37. The van der Waals surface area contributed by atoms with Gasteiger partial charge >= 0.3 is 0 Å². The molecule has 2 N–H and O–H groups in total. The van der Waals surface area contributed by atoms with E-state index in [9.17, 15) is 4.39 Å². The van der Waals surface area contributed by atoms with E-state index in [4.69, 9.17) is 10.2 Å². The lowest BCUT2D eigenvalue weighted by Gasteiger charge is -2.00. The van der Waals surface area contributed by atoms with Crippen LogP contribution < -0.4 is 5.73 Å². The van der Waals surface area contributed by atoms with Gasteiger partial charge in [0.05, 0.1) is 5.56 Å². The fraction of sp³-hybridized carbons (Fsp3) is 0. The van der Waals surface area contributed by atoms with Gasteiger partial charge in [-0.2, -0.15) is 0 Å². The van der Waals surface area contributed by atoms with Crippen molar-refractivity contribution in [2.75, 3.05) is 5.73 Å². The molecule has 3 rings (SSSR count). The largest absolute Gasteiger partial charge is 0.416 e. The molecule has 0 saturated heterocycles. The van der Waals surface area contributed by atoms with Crippen LogP contribution in [0, 0.1) is 5.82 Å². The lowest BCUT2D eigenvalue weighted by molar-refractivity contribution is 0.582. The molecule has 5 heteroatoms. The van der Waals surface area contributed by atoms with Crippen molar-refractivity contribution in [3.63, 3.8) is 0 Å². The minimum Gasteiger partial charge on any atom is -0.416 e. The second kappa shape index (κ2) is 4.53. The first kappa shape index (κ1) is 11.4. The number of rotatable bonds is 2. The zero-order chi connectivity index (χ0) is 13.2. The first-order chi connectivity index (χ1) is 9.24. The maximum atomic E-state index is 13.2. The van der Waals surface area contributed by atoms with Crippen molar-refractivity contribution in [2.24, 2.45) is 0 Å². The molecule has 1 heterocycles. The highest BCUT2D eigenvalue weighted by molar-refractivity contribution is 5.70. The fourth-order valence-electron chi connectivity index (χ4n) is 1.74. The second-order valence-corrected chi connectivity index (χ2v) is 4.01. The number of nitrogens with zero attached hydrogens (tertiary/aromatic N) is 2. The van der Waals surface area contributed by atoms with Gasteiger partial charge in [-0.25, -0.2) is 4.39 Å². The SMILES string of the molecule is Nc1ccc(F)cc1-c1nnc(-c2ccccc2)o1. The molecule has 0 radical (unpaired) electrons. The van der Waals surface area contributed by atoms with E-state index in [1.54, 1.807) is 0 Å². The molecule has 94 valence electrons. The summed E-state index contributed by atoms with van der Waals surface area (Å²) in [5, 5.41) is 7.84. The number of nitrogens with two attached hydrogens (primary N) is 1. The Hall–Kier alpha value is -2.69. The molecule has 0 spiro atoms. The summed E-state index contributed by atoms with van der Waals surface area (Å²) in [5.74, 6) is 0.179. The lowest BCUT2D eigenvalue weighted by Crippen LogP contribution is -1.91. The van der Waals surface area contributed by atoms with Crippen LogP contribution in [-0.4, -0.2) is 10.2 Å². The van der Waals surface area contributed by atoms with E-state index < -0.39 is 5.82 Å². The Morgan fingerprint density at radius 1 is 0.947 bits per heavy atom. The third-order valence-electron chi connectivity index (χ3n) is 2.69. The second-order valence-electron chi connectivity index (χ2n) is 4.01. The molecule has 19 heavy (non-hydrogen) atoms. The van der Waals surface area contributed by atoms with Crippen molar-refractivity contribution in [3.8, 4) is 22.9 Å². The van der Waals surface area contributed by atoms with Crippen LogP contribution in [0.4, 0.5) is 10.1 Å². The Morgan fingerprint density at radius 3 is 2.47 bits per heavy atom. The number of halogens is 1. The summed E-state index contributed by atoms with van der Waals surface area (Å²) >= 11 is 0. The van der Waals surface area contributed by atoms with E-state index in [1.165, 1.54) is 18.2 Å². The molecule has 2 aromatic carbocycles. The first-order valence-corrected chi connectivity index (χ1v) is 5.68. The summed E-state index contributed by atoms with van der Waals surface area (Å²) in [6, 6.07) is 13.4. The molecular weight excluding hydrogens is 245 g/mol. The summed E-state index contributed by atoms with van der Waals surface area (Å²) in [4.78, 5) is 0. The maximum Gasteiger partial charge on any atom is 0.250 e. The Bertz CT molecular complexity index is 710. The van der Waals surface area contributed by atoms with Crippen molar-refractivity contribution in [2.45, 2.75) is 0 Å². The molecule has 0 bridgehead atoms. The molecule has 0 atom stereocenters. The molecule has 3 aromatic rings. The first-order valence-electron chi connectivity index (χ1n) is 5.68. The van der Waals surface area contributed by atoms with Gasteiger partial charge in [0.2, 0.25) is 11.8 Å². The zero-order valence-electron chi connectivity index (χ0n) is 9.88. The molecular formula is C14H10FN3O. The summed E-state index contributed by atoms with van der Waals surface area (Å²) in [6.07, 6.45) is 0. The molecule has 0 aliphatic carbocycles. The summed E-state index contributed by atoms with van der Waals surface area (Å²) in [6.45, 7) is 0. The van der Waals surface area contributed by atoms with Crippen LogP contribution in [0.1, 0.15) is 0 Å². The van der Waals surface area contributed by atoms with Crippen molar-refractivity contribution in [3.05, 3.63) is 54.3 Å². The molecule has 0 aliphatic rings. The number of benzene rings is 2. The highest BCUT2D eigenvalue weighted by Crippen LogP contribution is 2.28. The molecule has 4 nitrogen and oxygen atoms in total. The predicted octanol–water partition coefficient (Wildman–Crippen LogP) is 3.12. The van der Waals surface area contributed by atoms with Crippen LogP contribution in [-0.2, 0) is 0 Å². The van der Waals surface area contributed by atoms with Gasteiger partial charge in [-0.05, 0) is 30.3 Å². The molecule has 1 aromatic heterocycles. The predicted molar refractivity (Wildman–Crippen MR) is 69.5 cm³/mol. The quantitative estimate of drug-likeness (QED) is 0.714.